The average Bonchev–Trinajstić information content (AvgIpc) is 2.37. The van der Waals surface area contributed by atoms with Gasteiger partial charge in [0.2, 0.25) is 0 Å². The van der Waals surface area contributed by atoms with Crippen molar-refractivity contribution >= 4 is 27.6 Å². The van der Waals surface area contributed by atoms with Crippen molar-refractivity contribution in [3.8, 4) is 0 Å². The standard InChI is InChI=1S/C14H11BrFNO2/c15-10-4-6-12(7-5-10)17-13(14(18)19)9-2-1-3-11(16)8-9/h1-8,13,17H,(H,18,19). The Bertz CT molecular complexity index is 586. The van der Waals surface area contributed by atoms with Crippen LogP contribution >= 0.6 is 15.9 Å². The predicted molar refractivity (Wildman–Crippen MR) is 74.5 cm³/mol. The lowest BCUT2D eigenvalue weighted by atomic mass is 10.1. The van der Waals surface area contributed by atoms with Crippen LogP contribution in [0.25, 0.3) is 0 Å². The van der Waals surface area contributed by atoms with Gasteiger partial charge in [-0.25, -0.2) is 9.18 Å². The van der Waals surface area contributed by atoms with E-state index >= 15 is 0 Å². The fourth-order valence-corrected chi connectivity index (χ4v) is 1.95. The number of nitrogens with one attached hydrogen (secondary N) is 1. The van der Waals surface area contributed by atoms with Crippen LogP contribution in [0.4, 0.5) is 10.1 Å². The molecule has 2 aromatic rings. The van der Waals surface area contributed by atoms with Gasteiger partial charge in [-0.3, -0.25) is 0 Å². The van der Waals surface area contributed by atoms with E-state index in [4.69, 9.17) is 0 Å². The van der Waals surface area contributed by atoms with E-state index in [1.165, 1.54) is 18.2 Å². The van der Waals surface area contributed by atoms with Gasteiger partial charge in [0.15, 0.2) is 6.04 Å². The first-order valence-corrected chi connectivity index (χ1v) is 6.36. The maximum Gasteiger partial charge on any atom is 0.330 e. The predicted octanol–water partition coefficient (Wildman–Crippen LogP) is 3.83. The van der Waals surface area contributed by atoms with Gasteiger partial charge in [-0.15, -0.1) is 0 Å². The minimum Gasteiger partial charge on any atom is -0.479 e. The number of aliphatic carboxylic acids is 1. The minimum atomic E-state index is -1.06. The van der Waals surface area contributed by atoms with Crippen molar-refractivity contribution < 1.29 is 14.3 Å². The van der Waals surface area contributed by atoms with Crippen LogP contribution < -0.4 is 5.32 Å². The second-order valence-corrected chi connectivity index (χ2v) is 4.89. The van der Waals surface area contributed by atoms with E-state index in [1.807, 2.05) is 0 Å². The number of benzene rings is 2. The zero-order valence-corrected chi connectivity index (χ0v) is 11.4. The molecule has 0 heterocycles. The normalized spacial score (nSPS) is 11.9. The van der Waals surface area contributed by atoms with Crippen molar-refractivity contribution in [3.63, 3.8) is 0 Å². The summed E-state index contributed by atoms with van der Waals surface area (Å²) in [6, 6.07) is 11.7. The zero-order chi connectivity index (χ0) is 13.8. The van der Waals surface area contributed by atoms with Gasteiger partial charge in [0.05, 0.1) is 0 Å². The van der Waals surface area contributed by atoms with Gasteiger partial charge in [0.25, 0.3) is 0 Å². The van der Waals surface area contributed by atoms with E-state index in [9.17, 15) is 14.3 Å². The Morgan fingerprint density at radius 1 is 1.21 bits per heavy atom. The molecule has 0 bridgehead atoms. The lowest BCUT2D eigenvalue weighted by molar-refractivity contribution is -0.138. The van der Waals surface area contributed by atoms with Gasteiger partial charge in [-0.1, -0.05) is 28.1 Å². The van der Waals surface area contributed by atoms with E-state index in [-0.39, 0.29) is 0 Å². The van der Waals surface area contributed by atoms with Crippen molar-refractivity contribution in [2.45, 2.75) is 6.04 Å². The van der Waals surface area contributed by atoms with Crippen LogP contribution in [0.15, 0.2) is 53.0 Å². The first kappa shape index (κ1) is 13.5. The Balaban J connectivity index is 2.26. The maximum absolute atomic E-state index is 13.2. The van der Waals surface area contributed by atoms with E-state index in [0.717, 1.165) is 4.47 Å². The number of anilines is 1. The summed E-state index contributed by atoms with van der Waals surface area (Å²) in [7, 11) is 0. The molecule has 2 rings (SSSR count). The van der Waals surface area contributed by atoms with E-state index in [0.29, 0.717) is 11.3 Å². The van der Waals surface area contributed by atoms with Crippen molar-refractivity contribution in [1.82, 2.24) is 0 Å². The monoisotopic (exact) mass is 323 g/mol. The fourth-order valence-electron chi connectivity index (χ4n) is 1.69. The molecular weight excluding hydrogens is 313 g/mol. The molecule has 2 aromatic carbocycles. The first-order chi connectivity index (χ1) is 9.06. The maximum atomic E-state index is 13.2. The smallest absolute Gasteiger partial charge is 0.330 e. The average molecular weight is 324 g/mol. The van der Waals surface area contributed by atoms with Gasteiger partial charge in [0.1, 0.15) is 5.82 Å². The van der Waals surface area contributed by atoms with Crippen molar-refractivity contribution in [2.24, 2.45) is 0 Å². The molecule has 3 nitrogen and oxygen atoms in total. The molecule has 0 saturated carbocycles. The van der Waals surface area contributed by atoms with Crippen LogP contribution in [-0.4, -0.2) is 11.1 Å². The highest BCUT2D eigenvalue weighted by Crippen LogP contribution is 2.22. The molecular formula is C14H11BrFNO2. The molecule has 19 heavy (non-hydrogen) atoms. The molecule has 0 amide bonds. The topological polar surface area (TPSA) is 49.3 Å². The molecule has 0 saturated heterocycles. The van der Waals surface area contributed by atoms with Crippen LogP contribution in [0.2, 0.25) is 0 Å². The fraction of sp³-hybridized carbons (Fsp3) is 0.0714. The van der Waals surface area contributed by atoms with E-state index < -0.39 is 17.8 Å². The second kappa shape index (κ2) is 5.84. The van der Waals surface area contributed by atoms with Crippen LogP contribution in [0.5, 0.6) is 0 Å². The number of carboxylic acid groups (broad SMARTS) is 1. The SMILES string of the molecule is O=C(O)C(Nc1ccc(Br)cc1)c1cccc(F)c1. The number of hydrogen-bond donors (Lipinski definition) is 2. The summed E-state index contributed by atoms with van der Waals surface area (Å²) >= 11 is 3.30. The second-order valence-electron chi connectivity index (χ2n) is 3.98. The summed E-state index contributed by atoms with van der Waals surface area (Å²) in [4.78, 5) is 11.3. The third-order valence-electron chi connectivity index (χ3n) is 2.58. The summed E-state index contributed by atoms with van der Waals surface area (Å²) in [5, 5.41) is 12.1. The molecule has 98 valence electrons. The number of hydrogen-bond acceptors (Lipinski definition) is 2. The molecule has 0 aromatic heterocycles. The van der Waals surface area contributed by atoms with Gasteiger partial charge >= 0.3 is 5.97 Å². The summed E-state index contributed by atoms with van der Waals surface area (Å²) in [6.45, 7) is 0. The largest absolute Gasteiger partial charge is 0.479 e. The number of carbonyl (C=O) groups is 1. The molecule has 0 aliphatic heterocycles. The molecule has 0 fully saturated rings. The highest BCUT2D eigenvalue weighted by atomic mass is 79.9. The lowest BCUT2D eigenvalue weighted by Gasteiger charge is -2.16. The molecule has 0 spiro atoms. The highest BCUT2D eigenvalue weighted by Gasteiger charge is 2.19. The van der Waals surface area contributed by atoms with Gasteiger partial charge in [-0.05, 0) is 42.0 Å². The van der Waals surface area contributed by atoms with Crippen LogP contribution in [0.1, 0.15) is 11.6 Å². The Morgan fingerprint density at radius 3 is 2.47 bits per heavy atom. The lowest BCUT2D eigenvalue weighted by Crippen LogP contribution is -2.20. The minimum absolute atomic E-state index is 0.371. The summed E-state index contributed by atoms with van der Waals surface area (Å²) in [5.41, 5.74) is 1.02. The molecule has 0 radical (unpaired) electrons. The van der Waals surface area contributed by atoms with E-state index in [2.05, 4.69) is 21.2 Å². The Labute approximate surface area is 118 Å². The summed E-state index contributed by atoms with van der Waals surface area (Å²) < 4.78 is 14.1. The zero-order valence-electron chi connectivity index (χ0n) is 9.81. The van der Waals surface area contributed by atoms with Gasteiger partial charge in [-0.2, -0.15) is 0 Å². The summed E-state index contributed by atoms with van der Waals surface area (Å²) in [5.74, 6) is -1.52. The first-order valence-electron chi connectivity index (χ1n) is 5.56. The number of carboxylic acids is 1. The summed E-state index contributed by atoms with van der Waals surface area (Å²) in [6.07, 6.45) is 0. The highest BCUT2D eigenvalue weighted by molar-refractivity contribution is 9.10. The Morgan fingerprint density at radius 2 is 1.89 bits per heavy atom. The Kier molecular flexibility index (Phi) is 4.16. The molecule has 5 heteroatoms. The molecule has 0 aliphatic carbocycles. The Hall–Kier alpha value is -1.88. The van der Waals surface area contributed by atoms with E-state index in [1.54, 1.807) is 30.3 Å². The van der Waals surface area contributed by atoms with Gasteiger partial charge in [0, 0.05) is 10.2 Å². The van der Waals surface area contributed by atoms with Crippen molar-refractivity contribution in [2.75, 3.05) is 5.32 Å². The third-order valence-corrected chi connectivity index (χ3v) is 3.11. The molecule has 1 unspecified atom stereocenters. The number of halogens is 2. The van der Waals surface area contributed by atoms with Crippen LogP contribution in [0.3, 0.4) is 0 Å². The molecule has 1 atom stereocenters. The van der Waals surface area contributed by atoms with Crippen molar-refractivity contribution in [1.29, 1.82) is 0 Å². The molecule has 0 aliphatic rings. The quantitative estimate of drug-likeness (QED) is 0.899. The number of rotatable bonds is 4. The van der Waals surface area contributed by atoms with Crippen molar-refractivity contribution in [3.05, 3.63) is 64.4 Å². The van der Waals surface area contributed by atoms with Crippen LogP contribution in [-0.2, 0) is 4.79 Å². The van der Waals surface area contributed by atoms with Crippen LogP contribution in [0, 0.1) is 5.82 Å². The molecule has 2 N–H and O–H groups in total. The van der Waals surface area contributed by atoms with Gasteiger partial charge < -0.3 is 10.4 Å². The third kappa shape index (κ3) is 3.54.